The van der Waals surface area contributed by atoms with Crippen LogP contribution in [0.3, 0.4) is 0 Å². The first-order valence-corrected chi connectivity index (χ1v) is 6.44. The Hall–Kier alpha value is -2.76. The third-order valence-corrected chi connectivity index (χ3v) is 3.23. The Bertz CT molecular complexity index is 799. The second-order valence-corrected chi connectivity index (χ2v) is 4.69. The van der Waals surface area contributed by atoms with Gasteiger partial charge >= 0.3 is 5.97 Å². The lowest BCUT2D eigenvalue weighted by molar-refractivity contribution is 0.0698. The number of pyridine rings is 1. The summed E-state index contributed by atoms with van der Waals surface area (Å²) in [6.45, 7) is 0. The van der Waals surface area contributed by atoms with Gasteiger partial charge in [0, 0.05) is 18.8 Å². The van der Waals surface area contributed by atoms with Crippen LogP contribution in [0.1, 0.15) is 21.7 Å². The van der Waals surface area contributed by atoms with Crippen molar-refractivity contribution < 1.29 is 14.3 Å². The van der Waals surface area contributed by atoms with Gasteiger partial charge in [-0.2, -0.15) is 0 Å². The van der Waals surface area contributed by atoms with E-state index in [0.29, 0.717) is 17.8 Å². The van der Waals surface area contributed by atoms with Crippen LogP contribution in [0.25, 0.3) is 11.0 Å². The van der Waals surface area contributed by atoms with Crippen LogP contribution in [0.4, 0.5) is 4.39 Å². The van der Waals surface area contributed by atoms with Crippen molar-refractivity contribution in [3.8, 4) is 0 Å². The SMILES string of the molecule is O=C(O)c1cc(F)cc2[nH]c(CCc3ccncc3)nc12. The molecule has 3 rings (SSSR count). The Morgan fingerprint density at radius 2 is 2.00 bits per heavy atom. The monoisotopic (exact) mass is 285 g/mol. The molecule has 0 radical (unpaired) electrons. The molecule has 3 aromatic rings. The number of nitrogens with one attached hydrogen (secondary N) is 1. The third-order valence-electron chi connectivity index (χ3n) is 3.23. The minimum Gasteiger partial charge on any atom is -0.478 e. The second-order valence-electron chi connectivity index (χ2n) is 4.69. The summed E-state index contributed by atoms with van der Waals surface area (Å²) in [5.74, 6) is -1.15. The summed E-state index contributed by atoms with van der Waals surface area (Å²) < 4.78 is 13.4. The minimum atomic E-state index is -1.19. The number of rotatable bonds is 4. The van der Waals surface area contributed by atoms with Gasteiger partial charge in [-0.15, -0.1) is 0 Å². The van der Waals surface area contributed by atoms with Crippen LogP contribution in [-0.2, 0) is 12.8 Å². The number of nitrogens with zero attached hydrogens (tertiary/aromatic N) is 2. The zero-order chi connectivity index (χ0) is 14.8. The van der Waals surface area contributed by atoms with Gasteiger partial charge in [-0.05, 0) is 36.2 Å². The molecule has 0 aliphatic rings. The first-order valence-electron chi connectivity index (χ1n) is 6.44. The fraction of sp³-hybridized carbons (Fsp3) is 0.133. The fourth-order valence-corrected chi connectivity index (χ4v) is 2.23. The van der Waals surface area contributed by atoms with E-state index >= 15 is 0 Å². The molecule has 0 amide bonds. The number of aromatic carboxylic acids is 1. The lowest BCUT2D eigenvalue weighted by atomic mass is 10.1. The molecule has 0 atom stereocenters. The van der Waals surface area contributed by atoms with Crippen molar-refractivity contribution in [3.63, 3.8) is 0 Å². The van der Waals surface area contributed by atoms with Gasteiger partial charge in [-0.1, -0.05) is 0 Å². The van der Waals surface area contributed by atoms with Crippen LogP contribution >= 0.6 is 0 Å². The van der Waals surface area contributed by atoms with E-state index in [2.05, 4.69) is 15.0 Å². The maximum absolute atomic E-state index is 13.4. The van der Waals surface area contributed by atoms with Gasteiger partial charge in [-0.3, -0.25) is 4.98 Å². The Balaban J connectivity index is 1.90. The summed E-state index contributed by atoms with van der Waals surface area (Å²) in [4.78, 5) is 22.3. The molecule has 0 aliphatic heterocycles. The molecule has 0 aliphatic carbocycles. The molecule has 0 spiro atoms. The van der Waals surface area contributed by atoms with Crippen molar-refractivity contribution in [2.24, 2.45) is 0 Å². The average molecular weight is 285 g/mol. The zero-order valence-corrected chi connectivity index (χ0v) is 11.0. The van der Waals surface area contributed by atoms with Gasteiger partial charge in [-0.25, -0.2) is 14.2 Å². The number of imidazole rings is 1. The predicted molar refractivity (Wildman–Crippen MR) is 74.7 cm³/mol. The van der Waals surface area contributed by atoms with Crippen LogP contribution in [-0.4, -0.2) is 26.0 Å². The van der Waals surface area contributed by atoms with Gasteiger partial charge in [0.05, 0.1) is 11.1 Å². The maximum atomic E-state index is 13.4. The highest BCUT2D eigenvalue weighted by Gasteiger charge is 2.14. The van der Waals surface area contributed by atoms with E-state index in [1.807, 2.05) is 12.1 Å². The van der Waals surface area contributed by atoms with Crippen LogP contribution in [0.5, 0.6) is 0 Å². The van der Waals surface area contributed by atoms with Gasteiger partial charge in [0.25, 0.3) is 0 Å². The first-order chi connectivity index (χ1) is 10.1. The molecule has 2 aromatic heterocycles. The minimum absolute atomic E-state index is 0.128. The van der Waals surface area contributed by atoms with E-state index in [9.17, 15) is 9.18 Å². The number of aromatic nitrogens is 3. The summed E-state index contributed by atoms with van der Waals surface area (Å²) in [6.07, 6.45) is 4.78. The number of hydrogen-bond acceptors (Lipinski definition) is 3. The number of aromatic amines is 1. The number of halogens is 1. The van der Waals surface area contributed by atoms with Crippen LogP contribution < -0.4 is 0 Å². The topological polar surface area (TPSA) is 78.9 Å². The van der Waals surface area contributed by atoms with E-state index in [1.165, 1.54) is 6.07 Å². The number of carbonyl (C=O) groups is 1. The molecule has 6 heteroatoms. The number of H-pyrrole nitrogens is 1. The molecule has 2 N–H and O–H groups in total. The molecule has 5 nitrogen and oxygen atoms in total. The molecule has 0 saturated carbocycles. The number of fused-ring (bicyclic) bond motifs is 1. The van der Waals surface area contributed by atoms with Crippen LogP contribution in [0.2, 0.25) is 0 Å². The van der Waals surface area contributed by atoms with Gasteiger partial charge in [0.1, 0.15) is 17.2 Å². The Labute approximate surface area is 119 Å². The van der Waals surface area contributed by atoms with Gasteiger partial charge < -0.3 is 10.1 Å². The molecule has 106 valence electrons. The summed E-state index contributed by atoms with van der Waals surface area (Å²) >= 11 is 0. The average Bonchev–Trinajstić information content (AvgIpc) is 2.87. The Morgan fingerprint density at radius 3 is 2.71 bits per heavy atom. The lowest BCUT2D eigenvalue weighted by Gasteiger charge is -1.97. The molecule has 0 saturated heterocycles. The standard InChI is InChI=1S/C15H12FN3O2/c16-10-7-11(15(20)21)14-12(8-10)18-13(19-14)2-1-9-3-5-17-6-4-9/h3-8H,1-2H2,(H,18,19)(H,20,21). The van der Waals surface area contributed by atoms with Crippen molar-refractivity contribution in [1.82, 2.24) is 15.0 Å². The summed E-state index contributed by atoms with van der Waals surface area (Å²) in [7, 11) is 0. The van der Waals surface area contributed by atoms with Crippen molar-refractivity contribution in [3.05, 3.63) is 59.4 Å². The van der Waals surface area contributed by atoms with Crippen molar-refractivity contribution in [1.29, 1.82) is 0 Å². The van der Waals surface area contributed by atoms with E-state index in [1.54, 1.807) is 12.4 Å². The number of benzene rings is 1. The molecule has 1 aromatic carbocycles. The molecule has 0 fully saturated rings. The predicted octanol–water partition coefficient (Wildman–Crippen LogP) is 2.58. The van der Waals surface area contributed by atoms with E-state index < -0.39 is 11.8 Å². The molecule has 0 unspecified atom stereocenters. The van der Waals surface area contributed by atoms with Crippen molar-refractivity contribution >= 4 is 17.0 Å². The van der Waals surface area contributed by atoms with Crippen LogP contribution in [0.15, 0.2) is 36.7 Å². The zero-order valence-electron chi connectivity index (χ0n) is 11.0. The number of aryl methyl sites for hydroxylation is 2. The quantitative estimate of drug-likeness (QED) is 0.772. The Kier molecular flexibility index (Phi) is 3.35. The number of carboxylic acids is 1. The molecular formula is C15H12FN3O2. The molecule has 2 heterocycles. The van der Waals surface area contributed by atoms with E-state index in [-0.39, 0.29) is 11.1 Å². The molecular weight excluding hydrogens is 273 g/mol. The highest BCUT2D eigenvalue weighted by molar-refractivity contribution is 6.00. The van der Waals surface area contributed by atoms with Crippen LogP contribution in [0, 0.1) is 5.82 Å². The fourth-order valence-electron chi connectivity index (χ4n) is 2.23. The maximum Gasteiger partial charge on any atom is 0.338 e. The molecule has 21 heavy (non-hydrogen) atoms. The lowest BCUT2D eigenvalue weighted by Crippen LogP contribution is -1.98. The molecule has 0 bridgehead atoms. The van der Waals surface area contributed by atoms with Crippen molar-refractivity contribution in [2.45, 2.75) is 12.8 Å². The van der Waals surface area contributed by atoms with Crippen molar-refractivity contribution in [2.75, 3.05) is 0 Å². The van der Waals surface area contributed by atoms with Gasteiger partial charge in [0.15, 0.2) is 0 Å². The second kappa shape index (κ2) is 5.32. The number of carboxylic acid groups (broad SMARTS) is 1. The summed E-state index contributed by atoms with van der Waals surface area (Å²) in [5.41, 5.74) is 1.66. The highest BCUT2D eigenvalue weighted by Crippen LogP contribution is 2.19. The number of hydrogen-bond donors (Lipinski definition) is 2. The highest BCUT2D eigenvalue weighted by atomic mass is 19.1. The first kappa shape index (κ1) is 13.2. The van der Waals surface area contributed by atoms with E-state index in [4.69, 9.17) is 5.11 Å². The largest absolute Gasteiger partial charge is 0.478 e. The third kappa shape index (κ3) is 2.74. The smallest absolute Gasteiger partial charge is 0.338 e. The Morgan fingerprint density at radius 1 is 1.24 bits per heavy atom. The summed E-state index contributed by atoms with van der Waals surface area (Å²) in [6, 6.07) is 6.05. The van der Waals surface area contributed by atoms with E-state index in [0.717, 1.165) is 18.1 Å². The van der Waals surface area contributed by atoms with Gasteiger partial charge in [0.2, 0.25) is 0 Å². The summed E-state index contributed by atoms with van der Waals surface area (Å²) in [5, 5.41) is 9.10. The normalized spacial score (nSPS) is 10.9.